The van der Waals surface area contributed by atoms with Crippen LogP contribution in [0.1, 0.15) is 27.7 Å². The van der Waals surface area contributed by atoms with Gasteiger partial charge in [0.2, 0.25) is 5.95 Å². The van der Waals surface area contributed by atoms with Crippen molar-refractivity contribution in [3.05, 3.63) is 12.4 Å². The Labute approximate surface area is 135 Å². The third-order valence-corrected chi connectivity index (χ3v) is 3.09. The molecule has 0 aromatic carbocycles. The average Bonchev–Trinajstić information content (AvgIpc) is 2.46. The van der Waals surface area contributed by atoms with Crippen LogP contribution in [-0.4, -0.2) is 58.7 Å². The zero-order chi connectivity index (χ0) is 17.0. The van der Waals surface area contributed by atoms with E-state index in [1.54, 1.807) is 4.90 Å². The van der Waals surface area contributed by atoms with Gasteiger partial charge in [0, 0.05) is 33.1 Å². The molecule has 1 saturated heterocycles. The summed E-state index contributed by atoms with van der Waals surface area (Å²) in [4.78, 5) is 34.9. The fraction of sp³-hybridized carbons (Fsp3) is 0.600. The van der Waals surface area contributed by atoms with Crippen molar-refractivity contribution in [3.8, 4) is 5.75 Å². The standard InChI is InChI=1S/C15H22N4O4/c1-11(20)22-12-9-16-13(17-10-12)18-5-7-19(8-6-18)14(21)23-15(2,3)4/h9-10H,5-8H2,1-4H3. The number of hydrogen-bond donors (Lipinski definition) is 0. The molecule has 1 aromatic heterocycles. The van der Waals surface area contributed by atoms with E-state index in [2.05, 4.69) is 9.97 Å². The van der Waals surface area contributed by atoms with E-state index in [0.29, 0.717) is 37.9 Å². The number of aromatic nitrogens is 2. The normalized spacial score (nSPS) is 15.3. The Hall–Kier alpha value is -2.38. The van der Waals surface area contributed by atoms with Gasteiger partial charge >= 0.3 is 12.1 Å². The number of anilines is 1. The lowest BCUT2D eigenvalue weighted by atomic mass is 10.2. The smallest absolute Gasteiger partial charge is 0.410 e. The van der Waals surface area contributed by atoms with Gasteiger partial charge in [-0.25, -0.2) is 14.8 Å². The highest BCUT2D eigenvalue weighted by molar-refractivity contribution is 5.69. The predicted octanol–water partition coefficient (Wildman–Crippen LogP) is 1.46. The molecule has 2 rings (SSSR count). The molecule has 8 heteroatoms. The molecule has 0 unspecified atom stereocenters. The van der Waals surface area contributed by atoms with E-state index in [4.69, 9.17) is 9.47 Å². The van der Waals surface area contributed by atoms with E-state index in [9.17, 15) is 9.59 Å². The average molecular weight is 322 g/mol. The van der Waals surface area contributed by atoms with Gasteiger partial charge in [0.15, 0.2) is 5.75 Å². The van der Waals surface area contributed by atoms with Gasteiger partial charge in [-0.2, -0.15) is 0 Å². The number of carbonyl (C=O) groups is 2. The lowest BCUT2D eigenvalue weighted by Gasteiger charge is -2.35. The summed E-state index contributed by atoms with van der Waals surface area (Å²) in [6, 6.07) is 0. The van der Waals surface area contributed by atoms with E-state index < -0.39 is 11.6 Å². The monoisotopic (exact) mass is 322 g/mol. The second kappa shape index (κ2) is 6.80. The van der Waals surface area contributed by atoms with E-state index >= 15 is 0 Å². The fourth-order valence-electron chi connectivity index (χ4n) is 2.11. The molecular formula is C15H22N4O4. The topological polar surface area (TPSA) is 84.9 Å². The van der Waals surface area contributed by atoms with Gasteiger partial charge in [-0.3, -0.25) is 4.79 Å². The second-order valence-electron chi connectivity index (χ2n) is 6.27. The molecule has 0 spiro atoms. The van der Waals surface area contributed by atoms with Gasteiger partial charge in [-0.05, 0) is 20.8 Å². The van der Waals surface area contributed by atoms with Crippen molar-refractivity contribution >= 4 is 18.0 Å². The van der Waals surface area contributed by atoms with Crippen LogP contribution >= 0.6 is 0 Å². The summed E-state index contributed by atoms with van der Waals surface area (Å²) in [7, 11) is 0. The molecule has 126 valence electrons. The number of ether oxygens (including phenoxy) is 2. The van der Waals surface area contributed by atoms with Crippen LogP contribution in [0.3, 0.4) is 0 Å². The van der Waals surface area contributed by atoms with E-state index in [1.165, 1.54) is 19.3 Å². The Balaban J connectivity index is 1.89. The number of carbonyl (C=O) groups excluding carboxylic acids is 2. The highest BCUT2D eigenvalue weighted by atomic mass is 16.6. The van der Waals surface area contributed by atoms with Crippen LogP contribution in [0, 0.1) is 0 Å². The Morgan fingerprint density at radius 3 is 2.13 bits per heavy atom. The lowest BCUT2D eigenvalue weighted by Crippen LogP contribution is -2.50. The third-order valence-electron chi connectivity index (χ3n) is 3.09. The Kier molecular flexibility index (Phi) is 5.02. The Morgan fingerprint density at radius 2 is 1.65 bits per heavy atom. The minimum atomic E-state index is -0.496. The molecule has 1 amide bonds. The molecule has 1 aliphatic rings. The summed E-state index contributed by atoms with van der Waals surface area (Å²) in [5, 5.41) is 0. The number of piperazine rings is 1. The number of amides is 1. The molecule has 0 saturated carbocycles. The van der Waals surface area contributed by atoms with Crippen LogP contribution in [0.15, 0.2) is 12.4 Å². The summed E-state index contributed by atoms with van der Waals surface area (Å²) in [5.74, 6) is 0.450. The molecular weight excluding hydrogens is 300 g/mol. The molecule has 0 N–H and O–H groups in total. The fourth-order valence-corrected chi connectivity index (χ4v) is 2.11. The van der Waals surface area contributed by atoms with Crippen LogP contribution in [0.4, 0.5) is 10.7 Å². The summed E-state index contributed by atoms with van der Waals surface area (Å²) in [5.41, 5.74) is -0.496. The molecule has 1 aliphatic heterocycles. The quantitative estimate of drug-likeness (QED) is 0.762. The van der Waals surface area contributed by atoms with Crippen molar-refractivity contribution in [1.82, 2.24) is 14.9 Å². The Bertz CT molecular complexity index is 560. The van der Waals surface area contributed by atoms with Gasteiger partial charge in [0.05, 0.1) is 12.4 Å². The SMILES string of the molecule is CC(=O)Oc1cnc(N2CCN(C(=O)OC(C)(C)C)CC2)nc1. The first-order valence-electron chi connectivity index (χ1n) is 7.48. The summed E-state index contributed by atoms with van der Waals surface area (Å²) >= 11 is 0. The van der Waals surface area contributed by atoms with Crippen LogP contribution < -0.4 is 9.64 Å². The highest BCUT2D eigenvalue weighted by Crippen LogP contribution is 2.16. The van der Waals surface area contributed by atoms with E-state index in [1.807, 2.05) is 25.7 Å². The van der Waals surface area contributed by atoms with Crippen molar-refractivity contribution < 1.29 is 19.1 Å². The first-order chi connectivity index (χ1) is 10.7. The van der Waals surface area contributed by atoms with Crippen molar-refractivity contribution in [2.45, 2.75) is 33.3 Å². The molecule has 0 radical (unpaired) electrons. The van der Waals surface area contributed by atoms with Crippen LogP contribution in [0.2, 0.25) is 0 Å². The summed E-state index contributed by atoms with van der Waals surface area (Å²) in [6.45, 7) is 9.19. The van der Waals surface area contributed by atoms with Gasteiger partial charge in [0.1, 0.15) is 5.60 Å². The molecule has 0 atom stereocenters. The van der Waals surface area contributed by atoms with Gasteiger partial charge < -0.3 is 19.3 Å². The van der Waals surface area contributed by atoms with Gasteiger partial charge in [0.25, 0.3) is 0 Å². The highest BCUT2D eigenvalue weighted by Gasteiger charge is 2.26. The maximum absolute atomic E-state index is 12.0. The number of esters is 1. The van der Waals surface area contributed by atoms with Crippen LogP contribution in [0.25, 0.3) is 0 Å². The van der Waals surface area contributed by atoms with Crippen molar-refractivity contribution in [3.63, 3.8) is 0 Å². The first-order valence-corrected chi connectivity index (χ1v) is 7.48. The van der Waals surface area contributed by atoms with E-state index in [0.717, 1.165) is 0 Å². The molecule has 8 nitrogen and oxygen atoms in total. The largest absolute Gasteiger partial charge is 0.444 e. The van der Waals surface area contributed by atoms with Crippen molar-refractivity contribution in [1.29, 1.82) is 0 Å². The molecule has 0 aliphatic carbocycles. The predicted molar refractivity (Wildman–Crippen MR) is 83.4 cm³/mol. The molecule has 2 heterocycles. The number of hydrogen-bond acceptors (Lipinski definition) is 7. The first kappa shape index (κ1) is 17.0. The number of nitrogens with zero attached hydrogens (tertiary/aromatic N) is 4. The van der Waals surface area contributed by atoms with Gasteiger partial charge in [-0.15, -0.1) is 0 Å². The minimum absolute atomic E-state index is 0.303. The number of rotatable bonds is 2. The lowest BCUT2D eigenvalue weighted by molar-refractivity contribution is -0.131. The second-order valence-corrected chi connectivity index (χ2v) is 6.27. The maximum atomic E-state index is 12.0. The molecule has 1 aromatic rings. The van der Waals surface area contributed by atoms with Gasteiger partial charge in [-0.1, -0.05) is 0 Å². The molecule has 23 heavy (non-hydrogen) atoms. The minimum Gasteiger partial charge on any atom is -0.444 e. The maximum Gasteiger partial charge on any atom is 0.410 e. The molecule has 0 bridgehead atoms. The van der Waals surface area contributed by atoms with Crippen molar-refractivity contribution in [2.24, 2.45) is 0 Å². The Morgan fingerprint density at radius 1 is 1.09 bits per heavy atom. The molecule has 1 fully saturated rings. The summed E-state index contributed by atoms with van der Waals surface area (Å²) in [6.07, 6.45) is 2.62. The third kappa shape index (κ3) is 5.08. The van der Waals surface area contributed by atoms with E-state index in [-0.39, 0.29) is 6.09 Å². The van der Waals surface area contributed by atoms with Crippen molar-refractivity contribution in [2.75, 3.05) is 31.1 Å². The van der Waals surface area contributed by atoms with Crippen LogP contribution in [0.5, 0.6) is 5.75 Å². The summed E-state index contributed by atoms with van der Waals surface area (Å²) < 4.78 is 10.3. The van der Waals surface area contributed by atoms with Crippen LogP contribution in [-0.2, 0) is 9.53 Å². The zero-order valence-electron chi connectivity index (χ0n) is 13.9. The zero-order valence-corrected chi connectivity index (χ0v) is 13.9.